The fourth-order valence-corrected chi connectivity index (χ4v) is 2.41. The fourth-order valence-electron chi connectivity index (χ4n) is 2.41. The molecule has 2 N–H and O–H groups in total. The van der Waals surface area contributed by atoms with Gasteiger partial charge in [0.1, 0.15) is 5.75 Å². The van der Waals surface area contributed by atoms with Crippen molar-refractivity contribution in [1.29, 1.82) is 0 Å². The summed E-state index contributed by atoms with van der Waals surface area (Å²) in [4.78, 5) is 24.3. The topological polar surface area (TPSA) is 67.4 Å². The molecule has 1 aliphatic heterocycles. The Hall–Kier alpha value is -2.82. The van der Waals surface area contributed by atoms with Gasteiger partial charge in [0.05, 0.1) is 5.69 Å². The second kappa shape index (κ2) is 5.43. The lowest BCUT2D eigenvalue weighted by Crippen LogP contribution is -2.45. The molecule has 2 aromatic rings. The lowest BCUT2D eigenvalue weighted by atomic mass is 10.1. The van der Waals surface area contributed by atoms with E-state index in [-0.39, 0.29) is 11.8 Å². The van der Waals surface area contributed by atoms with Gasteiger partial charge in [-0.2, -0.15) is 0 Å². The van der Waals surface area contributed by atoms with Crippen LogP contribution in [-0.2, 0) is 4.79 Å². The number of fused-ring (bicyclic) bond motifs is 1. The van der Waals surface area contributed by atoms with Crippen LogP contribution in [-0.4, -0.2) is 17.4 Å². The molecule has 5 heteroatoms. The molecule has 0 spiro atoms. The molecule has 0 saturated carbocycles. The Morgan fingerprint density at radius 2 is 1.91 bits per heavy atom. The predicted octanol–water partition coefficient (Wildman–Crippen LogP) is 3.36. The zero-order chi connectivity index (χ0) is 16.6. The van der Waals surface area contributed by atoms with Gasteiger partial charge in [0.15, 0.2) is 5.60 Å². The molecule has 0 unspecified atom stereocenters. The second-order valence-corrected chi connectivity index (χ2v) is 6.05. The third-order valence-corrected chi connectivity index (χ3v) is 3.79. The molecule has 118 valence electrons. The van der Waals surface area contributed by atoms with Crippen molar-refractivity contribution in [2.45, 2.75) is 26.4 Å². The van der Waals surface area contributed by atoms with Gasteiger partial charge < -0.3 is 15.4 Å². The number of benzene rings is 2. The van der Waals surface area contributed by atoms with Crippen molar-refractivity contribution in [3.63, 3.8) is 0 Å². The van der Waals surface area contributed by atoms with Crippen molar-refractivity contribution in [3.8, 4) is 5.75 Å². The molecule has 2 aromatic carbocycles. The fraction of sp³-hybridized carbons (Fsp3) is 0.222. The van der Waals surface area contributed by atoms with Gasteiger partial charge in [0, 0.05) is 11.3 Å². The van der Waals surface area contributed by atoms with Crippen LogP contribution < -0.4 is 15.4 Å². The van der Waals surface area contributed by atoms with E-state index in [1.165, 1.54) is 0 Å². The number of carbonyl (C=O) groups excluding carboxylic acids is 2. The number of hydrogen-bond acceptors (Lipinski definition) is 3. The highest BCUT2D eigenvalue weighted by atomic mass is 16.5. The number of aryl methyl sites for hydroxylation is 1. The summed E-state index contributed by atoms with van der Waals surface area (Å²) < 4.78 is 5.67. The van der Waals surface area contributed by atoms with Crippen LogP contribution in [0.5, 0.6) is 5.75 Å². The van der Waals surface area contributed by atoms with E-state index in [4.69, 9.17) is 4.74 Å². The first-order chi connectivity index (χ1) is 10.9. The maximum Gasteiger partial charge on any atom is 0.268 e. The maximum absolute atomic E-state index is 12.3. The Kier molecular flexibility index (Phi) is 3.56. The normalized spacial score (nSPS) is 15.2. The Labute approximate surface area is 134 Å². The molecule has 1 aliphatic rings. The number of rotatable bonds is 2. The van der Waals surface area contributed by atoms with Crippen LogP contribution >= 0.6 is 0 Å². The minimum absolute atomic E-state index is 0.188. The number of hydrogen-bond donors (Lipinski definition) is 2. The number of amides is 2. The zero-order valence-corrected chi connectivity index (χ0v) is 13.3. The standard InChI is InChI=1S/C18H18N2O3/c1-11-6-4-5-7-13(11)16(21)19-12-8-9-15-14(10-12)20-17(22)18(2,3)23-15/h4-10H,1-3H3,(H,19,21)(H,20,22). The van der Waals surface area contributed by atoms with Crippen LogP contribution in [0.15, 0.2) is 42.5 Å². The molecule has 2 amide bonds. The first-order valence-electron chi connectivity index (χ1n) is 7.38. The number of anilines is 2. The second-order valence-electron chi connectivity index (χ2n) is 6.05. The lowest BCUT2D eigenvalue weighted by Gasteiger charge is -2.31. The van der Waals surface area contributed by atoms with Gasteiger partial charge in [-0.15, -0.1) is 0 Å². The molecular formula is C18H18N2O3. The van der Waals surface area contributed by atoms with E-state index in [2.05, 4.69) is 10.6 Å². The average Bonchev–Trinajstić information content (AvgIpc) is 2.49. The average molecular weight is 310 g/mol. The first kappa shape index (κ1) is 15.1. The van der Waals surface area contributed by atoms with Gasteiger partial charge in [-0.1, -0.05) is 18.2 Å². The molecule has 0 aromatic heterocycles. The van der Waals surface area contributed by atoms with E-state index < -0.39 is 5.60 Å². The van der Waals surface area contributed by atoms with Crippen LogP contribution in [0.25, 0.3) is 0 Å². The highest BCUT2D eigenvalue weighted by molar-refractivity contribution is 6.06. The van der Waals surface area contributed by atoms with E-state index in [0.29, 0.717) is 22.7 Å². The summed E-state index contributed by atoms with van der Waals surface area (Å²) in [5.41, 5.74) is 1.77. The minimum Gasteiger partial charge on any atom is -0.476 e. The van der Waals surface area contributed by atoms with Gasteiger partial charge in [-0.3, -0.25) is 9.59 Å². The Morgan fingerprint density at radius 3 is 2.65 bits per heavy atom. The molecule has 1 heterocycles. The van der Waals surface area contributed by atoms with Crippen LogP contribution in [0.4, 0.5) is 11.4 Å². The lowest BCUT2D eigenvalue weighted by molar-refractivity contribution is -0.129. The summed E-state index contributed by atoms with van der Waals surface area (Å²) in [6, 6.07) is 12.6. The van der Waals surface area contributed by atoms with Crippen LogP contribution in [0.3, 0.4) is 0 Å². The molecular weight excluding hydrogens is 292 g/mol. The molecule has 0 bridgehead atoms. The SMILES string of the molecule is Cc1ccccc1C(=O)Nc1ccc2c(c1)NC(=O)C(C)(C)O2. The summed E-state index contributed by atoms with van der Waals surface area (Å²) >= 11 is 0. The maximum atomic E-state index is 12.3. The van der Waals surface area contributed by atoms with Crippen LogP contribution in [0.2, 0.25) is 0 Å². The third kappa shape index (κ3) is 2.90. The van der Waals surface area contributed by atoms with E-state index in [1.54, 1.807) is 38.1 Å². The van der Waals surface area contributed by atoms with E-state index in [0.717, 1.165) is 5.56 Å². The van der Waals surface area contributed by atoms with Crippen molar-refractivity contribution in [2.24, 2.45) is 0 Å². The molecule has 3 rings (SSSR count). The van der Waals surface area contributed by atoms with E-state index in [1.807, 2.05) is 25.1 Å². The first-order valence-corrected chi connectivity index (χ1v) is 7.38. The number of carbonyl (C=O) groups is 2. The number of ether oxygens (including phenoxy) is 1. The van der Waals surface area contributed by atoms with Crippen LogP contribution in [0.1, 0.15) is 29.8 Å². The van der Waals surface area contributed by atoms with Gasteiger partial charge in [-0.25, -0.2) is 0 Å². The summed E-state index contributed by atoms with van der Waals surface area (Å²) in [7, 11) is 0. The summed E-state index contributed by atoms with van der Waals surface area (Å²) in [5.74, 6) is 0.183. The Morgan fingerprint density at radius 1 is 1.17 bits per heavy atom. The van der Waals surface area contributed by atoms with Gasteiger partial charge in [-0.05, 0) is 50.6 Å². The Balaban J connectivity index is 1.84. The van der Waals surface area contributed by atoms with Crippen molar-refractivity contribution >= 4 is 23.2 Å². The summed E-state index contributed by atoms with van der Waals surface area (Å²) in [6.45, 7) is 5.30. The van der Waals surface area contributed by atoms with Gasteiger partial charge in [0.25, 0.3) is 11.8 Å². The molecule has 23 heavy (non-hydrogen) atoms. The molecule has 0 aliphatic carbocycles. The van der Waals surface area contributed by atoms with Crippen molar-refractivity contribution in [1.82, 2.24) is 0 Å². The quantitative estimate of drug-likeness (QED) is 0.894. The highest BCUT2D eigenvalue weighted by Crippen LogP contribution is 2.35. The van der Waals surface area contributed by atoms with E-state index in [9.17, 15) is 9.59 Å². The largest absolute Gasteiger partial charge is 0.476 e. The zero-order valence-electron chi connectivity index (χ0n) is 13.3. The minimum atomic E-state index is -0.904. The number of nitrogens with one attached hydrogen (secondary N) is 2. The predicted molar refractivity (Wildman–Crippen MR) is 88.9 cm³/mol. The molecule has 0 atom stereocenters. The molecule has 0 saturated heterocycles. The van der Waals surface area contributed by atoms with Crippen molar-refractivity contribution in [2.75, 3.05) is 10.6 Å². The monoisotopic (exact) mass is 310 g/mol. The van der Waals surface area contributed by atoms with Gasteiger partial charge >= 0.3 is 0 Å². The van der Waals surface area contributed by atoms with Crippen molar-refractivity contribution < 1.29 is 14.3 Å². The highest BCUT2D eigenvalue weighted by Gasteiger charge is 2.35. The molecule has 0 radical (unpaired) electrons. The van der Waals surface area contributed by atoms with Gasteiger partial charge in [0.2, 0.25) is 0 Å². The Bertz CT molecular complexity index is 797. The summed E-state index contributed by atoms with van der Waals surface area (Å²) in [5, 5.41) is 5.64. The van der Waals surface area contributed by atoms with E-state index >= 15 is 0 Å². The summed E-state index contributed by atoms with van der Waals surface area (Å²) in [6.07, 6.45) is 0. The van der Waals surface area contributed by atoms with Crippen molar-refractivity contribution in [3.05, 3.63) is 53.6 Å². The smallest absolute Gasteiger partial charge is 0.268 e. The third-order valence-electron chi connectivity index (χ3n) is 3.79. The van der Waals surface area contributed by atoms with Crippen LogP contribution in [0, 0.1) is 6.92 Å². The molecule has 0 fully saturated rings. The molecule has 5 nitrogen and oxygen atoms in total.